The second kappa shape index (κ2) is 9.64. The molecule has 0 aliphatic heterocycles. The topological polar surface area (TPSA) is 95.9 Å². The minimum Gasteiger partial charge on any atom is -0.480 e. The summed E-state index contributed by atoms with van der Waals surface area (Å²) in [6.07, 6.45) is 0.347. The van der Waals surface area contributed by atoms with E-state index in [-0.39, 0.29) is 12.5 Å². The molecule has 1 unspecified atom stereocenters. The Morgan fingerprint density at radius 3 is 2.13 bits per heavy atom. The fourth-order valence-electron chi connectivity index (χ4n) is 3.93. The number of likely N-dealkylation sites (N-methyl/N-ethyl adjacent to an activating group) is 1. The van der Waals surface area contributed by atoms with Gasteiger partial charge in [0, 0.05) is 13.0 Å². The molecule has 0 saturated heterocycles. The highest BCUT2D eigenvalue weighted by Crippen LogP contribution is 2.44. The summed E-state index contributed by atoms with van der Waals surface area (Å²) in [6, 6.07) is 14.3. The van der Waals surface area contributed by atoms with Crippen LogP contribution in [0.2, 0.25) is 0 Å². The van der Waals surface area contributed by atoms with Gasteiger partial charge in [0.1, 0.15) is 18.7 Å². The molecule has 3 rings (SSSR count). The van der Waals surface area contributed by atoms with Crippen molar-refractivity contribution in [3.8, 4) is 11.1 Å². The van der Waals surface area contributed by atoms with E-state index in [2.05, 4.69) is 17.4 Å². The van der Waals surface area contributed by atoms with E-state index in [1.807, 2.05) is 43.3 Å². The first-order valence-corrected chi connectivity index (χ1v) is 10.5. The quantitative estimate of drug-likeness (QED) is 0.675. The van der Waals surface area contributed by atoms with Crippen molar-refractivity contribution in [1.29, 1.82) is 0 Å². The molecular weight excluding hydrogens is 396 g/mol. The molecule has 7 heteroatoms. The normalized spacial score (nSPS) is 14.2. The van der Waals surface area contributed by atoms with E-state index in [4.69, 9.17) is 9.84 Å². The Morgan fingerprint density at radius 2 is 1.61 bits per heavy atom. The standard InChI is InChI=1S/C24H28N2O5/c1-4-9-21(22(27)26(3)15(2)23(28)29)25-24(30)31-14-20-18-12-7-5-10-16(18)17-11-6-8-13-19(17)20/h5-8,10-13,15,20-21H,4,9,14H2,1-3H3,(H,25,30)(H,28,29)/t15?,21-/m1/s1. The van der Waals surface area contributed by atoms with Gasteiger partial charge in [0.25, 0.3) is 0 Å². The minimum atomic E-state index is -1.10. The van der Waals surface area contributed by atoms with E-state index >= 15 is 0 Å². The van der Waals surface area contributed by atoms with Crippen LogP contribution in [0.5, 0.6) is 0 Å². The summed E-state index contributed by atoms with van der Waals surface area (Å²) in [5, 5.41) is 11.8. The van der Waals surface area contributed by atoms with E-state index in [9.17, 15) is 14.4 Å². The second-order valence-electron chi connectivity index (χ2n) is 7.77. The lowest BCUT2D eigenvalue weighted by molar-refractivity contribution is -0.149. The number of carboxylic acids is 1. The van der Waals surface area contributed by atoms with Gasteiger partial charge in [0.2, 0.25) is 5.91 Å². The number of aliphatic carboxylic acids is 1. The third kappa shape index (κ3) is 4.71. The fourth-order valence-corrected chi connectivity index (χ4v) is 3.93. The van der Waals surface area contributed by atoms with Crippen LogP contribution in [0.4, 0.5) is 4.79 Å². The summed E-state index contributed by atoms with van der Waals surface area (Å²) in [4.78, 5) is 37.5. The largest absolute Gasteiger partial charge is 0.480 e. The zero-order chi connectivity index (χ0) is 22.5. The van der Waals surface area contributed by atoms with Gasteiger partial charge in [-0.3, -0.25) is 4.79 Å². The molecule has 31 heavy (non-hydrogen) atoms. The summed E-state index contributed by atoms with van der Waals surface area (Å²) in [5.41, 5.74) is 4.48. The van der Waals surface area contributed by atoms with Crippen molar-refractivity contribution in [1.82, 2.24) is 10.2 Å². The Morgan fingerprint density at radius 1 is 1.06 bits per heavy atom. The van der Waals surface area contributed by atoms with Crippen molar-refractivity contribution in [3.63, 3.8) is 0 Å². The first-order valence-electron chi connectivity index (χ1n) is 10.5. The van der Waals surface area contributed by atoms with Gasteiger partial charge < -0.3 is 20.1 Å². The number of carboxylic acid groups (broad SMARTS) is 1. The monoisotopic (exact) mass is 424 g/mol. The van der Waals surface area contributed by atoms with Crippen molar-refractivity contribution in [3.05, 3.63) is 59.7 Å². The number of alkyl carbamates (subject to hydrolysis) is 1. The second-order valence-corrected chi connectivity index (χ2v) is 7.77. The van der Waals surface area contributed by atoms with Gasteiger partial charge in [-0.2, -0.15) is 0 Å². The molecule has 0 saturated carbocycles. The molecule has 0 radical (unpaired) electrons. The molecule has 0 aromatic heterocycles. The lowest BCUT2D eigenvalue weighted by atomic mass is 9.98. The number of benzene rings is 2. The van der Waals surface area contributed by atoms with Gasteiger partial charge in [-0.05, 0) is 35.6 Å². The van der Waals surface area contributed by atoms with Gasteiger partial charge in [0.15, 0.2) is 0 Å². The van der Waals surface area contributed by atoms with Crippen molar-refractivity contribution in [2.45, 2.75) is 44.7 Å². The number of amides is 2. The molecule has 1 aliphatic rings. The van der Waals surface area contributed by atoms with Gasteiger partial charge in [-0.1, -0.05) is 61.9 Å². The van der Waals surface area contributed by atoms with Crippen LogP contribution >= 0.6 is 0 Å². The lowest BCUT2D eigenvalue weighted by Gasteiger charge is -2.27. The summed E-state index contributed by atoms with van der Waals surface area (Å²) in [5.74, 6) is -1.63. The first-order chi connectivity index (χ1) is 14.8. The first kappa shape index (κ1) is 22.3. The molecule has 0 fully saturated rings. The minimum absolute atomic E-state index is 0.0758. The number of carbonyl (C=O) groups is 3. The zero-order valence-electron chi connectivity index (χ0n) is 18.0. The Bertz CT molecular complexity index is 928. The van der Waals surface area contributed by atoms with E-state index in [1.54, 1.807) is 0 Å². The summed E-state index contributed by atoms with van der Waals surface area (Å²) in [7, 11) is 1.42. The van der Waals surface area contributed by atoms with Gasteiger partial charge >= 0.3 is 12.1 Å². The van der Waals surface area contributed by atoms with E-state index < -0.39 is 30.1 Å². The maximum Gasteiger partial charge on any atom is 0.407 e. The summed E-state index contributed by atoms with van der Waals surface area (Å²) in [6.45, 7) is 3.46. The van der Waals surface area contributed by atoms with Crippen LogP contribution in [0.3, 0.4) is 0 Å². The van der Waals surface area contributed by atoms with Crippen LogP contribution in [0.25, 0.3) is 11.1 Å². The number of nitrogens with zero attached hydrogens (tertiary/aromatic N) is 1. The van der Waals surface area contributed by atoms with Crippen molar-refractivity contribution in [2.24, 2.45) is 0 Å². The van der Waals surface area contributed by atoms with Crippen LogP contribution in [0.1, 0.15) is 43.7 Å². The number of ether oxygens (including phenoxy) is 1. The SMILES string of the molecule is CCC[C@@H](NC(=O)OCC1c2ccccc2-c2ccccc21)C(=O)N(C)C(C)C(=O)O. The Kier molecular flexibility index (Phi) is 6.95. The number of carbonyl (C=O) groups excluding carboxylic acids is 2. The Labute approximate surface area is 182 Å². The number of nitrogens with one attached hydrogen (secondary N) is 1. The number of rotatable bonds is 8. The summed E-state index contributed by atoms with van der Waals surface area (Å²) < 4.78 is 5.52. The van der Waals surface area contributed by atoms with Crippen molar-refractivity contribution < 1.29 is 24.2 Å². The smallest absolute Gasteiger partial charge is 0.407 e. The van der Waals surface area contributed by atoms with E-state index in [1.165, 1.54) is 14.0 Å². The molecule has 1 aliphatic carbocycles. The lowest BCUT2D eigenvalue weighted by Crippen LogP contribution is -2.51. The third-order valence-corrected chi connectivity index (χ3v) is 5.80. The Hall–Kier alpha value is -3.35. The number of hydrogen-bond acceptors (Lipinski definition) is 4. The maximum absolute atomic E-state index is 12.7. The molecule has 164 valence electrons. The average molecular weight is 424 g/mol. The highest BCUT2D eigenvalue weighted by Gasteiger charge is 2.31. The van der Waals surface area contributed by atoms with Crippen LogP contribution in [-0.2, 0) is 14.3 Å². The fraction of sp³-hybridized carbons (Fsp3) is 0.375. The van der Waals surface area contributed by atoms with Crippen LogP contribution < -0.4 is 5.32 Å². The number of fused-ring (bicyclic) bond motifs is 3. The van der Waals surface area contributed by atoms with Gasteiger partial charge in [0.05, 0.1) is 0 Å². The highest BCUT2D eigenvalue weighted by molar-refractivity contribution is 5.89. The average Bonchev–Trinajstić information content (AvgIpc) is 3.09. The molecule has 2 aromatic rings. The van der Waals surface area contributed by atoms with E-state index in [0.717, 1.165) is 27.2 Å². The molecule has 2 N–H and O–H groups in total. The van der Waals surface area contributed by atoms with Crippen LogP contribution in [0, 0.1) is 0 Å². The summed E-state index contributed by atoms with van der Waals surface area (Å²) >= 11 is 0. The predicted molar refractivity (Wildman–Crippen MR) is 117 cm³/mol. The van der Waals surface area contributed by atoms with Gasteiger partial charge in [-0.15, -0.1) is 0 Å². The molecule has 0 spiro atoms. The van der Waals surface area contributed by atoms with Crippen LogP contribution in [0.15, 0.2) is 48.5 Å². The molecular formula is C24H28N2O5. The predicted octanol–water partition coefficient (Wildman–Crippen LogP) is 3.63. The molecule has 0 bridgehead atoms. The molecule has 0 heterocycles. The van der Waals surface area contributed by atoms with Crippen LogP contribution in [-0.4, -0.2) is 53.7 Å². The molecule has 2 atom stereocenters. The molecule has 2 aromatic carbocycles. The van der Waals surface area contributed by atoms with Crippen molar-refractivity contribution >= 4 is 18.0 Å². The maximum atomic E-state index is 12.7. The third-order valence-electron chi connectivity index (χ3n) is 5.80. The zero-order valence-corrected chi connectivity index (χ0v) is 18.0. The van der Waals surface area contributed by atoms with Gasteiger partial charge in [-0.25, -0.2) is 9.59 Å². The number of hydrogen-bond donors (Lipinski definition) is 2. The molecule has 2 amide bonds. The Balaban J connectivity index is 1.67. The van der Waals surface area contributed by atoms with Crippen molar-refractivity contribution in [2.75, 3.05) is 13.7 Å². The van der Waals surface area contributed by atoms with E-state index in [0.29, 0.717) is 12.8 Å². The highest BCUT2D eigenvalue weighted by atomic mass is 16.5. The molecule has 7 nitrogen and oxygen atoms in total.